The Balaban J connectivity index is 2.21. The van der Waals surface area contributed by atoms with E-state index in [1.54, 1.807) is 0 Å². The minimum atomic E-state index is 0.703. The van der Waals surface area contributed by atoms with Gasteiger partial charge in [0.15, 0.2) is 0 Å². The van der Waals surface area contributed by atoms with Crippen molar-refractivity contribution in [1.29, 1.82) is 0 Å². The molecule has 0 aliphatic heterocycles. The minimum Gasteiger partial charge on any atom is -0.311 e. The summed E-state index contributed by atoms with van der Waals surface area (Å²) in [5, 5.41) is 3.82. The molecule has 1 rings (SSSR count). The van der Waals surface area contributed by atoms with Crippen molar-refractivity contribution in [3.63, 3.8) is 0 Å². The molecule has 0 spiro atoms. The molecular formula is C14H29N. The van der Waals surface area contributed by atoms with Crippen LogP contribution in [0.4, 0.5) is 0 Å². The molecule has 1 N–H and O–H groups in total. The van der Waals surface area contributed by atoms with Crippen LogP contribution in [-0.4, -0.2) is 12.1 Å². The standard InChI is InChI=1S/C14H29N/c1-12(2)11-13(3)15-14-9-7-5-4-6-8-10-14/h12-15H,4-11H2,1-3H3. The Morgan fingerprint density at radius 2 is 1.47 bits per heavy atom. The number of rotatable bonds is 4. The highest BCUT2D eigenvalue weighted by Gasteiger charge is 2.14. The van der Waals surface area contributed by atoms with Gasteiger partial charge in [0, 0.05) is 12.1 Å². The summed E-state index contributed by atoms with van der Waals surface area (Å²) in [7, 11) is 0. The average molecular weight is 211 g/mol. The molecule has 1 aliphatic carbocycles. The molecule has 1 heteroatoms. The van der Waals surface area contributed by atoms with E-state index in [4.69, 9.17) is 0 Å². The van der Waals surface area contributed by atoms with E-state index in [1.807, 2.05) is 0 Å². The maximum absolute atomic E-state index is 3.82. The molecular weight excluding hydrogens is 182 g/mol. The molecule has 0 saturated heterocycles. The highest BCUT2D eigenvalue weighted by Crippen LogP contribution is 2.18. The summed E-state index contributed by atoms with van der Waals surface area (Å²) in [6, 6.07) is 1.51. The van der Waals surface area contributed by atoms with E-state index in [2.05, 4.69) is 26.1 Å². The highest BCUT2D eigenvalue weighted by atomic mass is 14.9. The van der Waals surface area contributed by atoms with Gasteiger partial charge in [-0.2, -0.15) is 0 Å². The summed E-state index contributed by atoms with van der Waals surface area (Å²) < 4.78 is 0. The second kappa shape index (κ2) is 7.27. The number of hydrogen-bond acceptors (Lipinski definition) is 1. The Kier molecular flexibility index (Phi) is 6.31. The van der Waals surface area contributed by atoms with Crippen molar-refractivity contribution < 1.29 is 0 Å². The fourth-order valence-electron chi connectivity index (χ4n) is 2.80. The molecule has 90 valence electrons. The third kappa shape index (κ3) is 6.19. The van der Waals surface area contributed by atoms with Crippen LogP contribution in [0, 0.1) is 5.92 Å². The first-order chi connectivity index (χ1) is 7.18. The normalized spacial score (nSPS) is 22.4. The molecule has 0 radical (unpaired) electrons. The first-order valence-corrected chi connectivity index (χ1v) is 6.94. The van der Waals surface area contributed by atoms with Gasteiger partial charge in [-0.3, -0.25) is 0 Å². The van der Waals surface area contributed by atoms with Gasteiger partial charge in [-0.05, 0) is 32.1 Å². The lowest BCUT2D eigenvalue weighted by atomic mass is 9.95. The largest absolute Gasteiger partial charge is 0.311 e. The fourth-order valence-corrected chi connectivity index (χ4v) is 2.80. The Labute approximate surface area is 96.0 Å². The van der Waals surface area contributed by atoms with Crippen LogP contribution in [0.5, 0.6) is 0 Å². The van der Waals surface area contributed by atoms with Crippen LogP contribution >= 0.6 is 0 Å². The molecule has 0 aromatic heterocycles. The summed E-state index contributed by atoms with van der Waals surface area (Å²) >= 11 is 0. The van der Waals surface area contributed by atoms with E-state index < -0.39 is 0 Å². The van der Waals surface area contributed by atoms with Gasteiger partial charge in [0.1, 0.15) is 0 Å². The van der Waals surface area contributed by atoms with Gasteiger partial charge < -0.3 is 5.32 Å². The number of hydrogen-bond donors (Lipinski definition) is 1. The van der Waals surface area contributed by atoms with Gasteiger partial charge in [-0.25, -0.2) is 0 Å². The van der Waals surface area contributed by atoms with Crippen LogP contribution in [0.2, 0.25) is 0 Å². The third-order valence-corrected chi connectivity index (χ3v) is 3.45. The first kappa shape index (κ1) is 13.0. The molecule has 1 nitrogen and oxygen atoms in total. The quantitative estimate of drug-likeness (QED) is 0.737. The zero-order valence-electron chi connectivity index (χ0n) is 10.9. The van der Waals surface area contributed by atoms with Gasteiger partial charge in [0.25, 0.3) is 0 Å². The van der Waals surface area contributed by atoms with Gasteiger partial charge in [0.05, 0.1) is 0 Å². The van der Waals surface area contributed by atoms with E-state index in [9.17, 15) is 0 Å². The number of nitrogens with one attached hydrogen (secondary N) is 1. The molecule has 15 heavy (non-hydrogen) atoms. The average Bonchev–Trinajstić information content (AvgIpc) is 2.08. The van der Waals surface area contributed by atoms with Crippen molar-refractivity contribution in [2.45, 2.75) is 84.2 Å². The molecule has 1 fully saturated rings. The Hall–Kier alpha value is -0.0400. The van der Waals surface area contributed by atoms with Crippen LogP contribution in [-0.2, 0) is 0 Å². The van der Waals surface area contributed by atoms with Crippen molar-refractivity contribution in [2.24, 2.45) is 5.92 Å². The predicted octanol–water partition coefficient (Wildman–Crippen LogP) is 4.12. The van der Waals surface area contributed by atoms with Crippen LogP contribution in [0.3, 0.4) is 0 Å². The van der Waals surface area contributed by atoms with Gasteiger partial charge in [-0.1, -0.05) is 46.0 Å². The van der Waals surface area contributed by atoms with E-state index in [0.29, 0.717) is 6.04 Å². The van der Waals surface area contributed by atoms with Crippen LogP contribution in [0.15, 0.2) is 0 Å². The van der Waals surface area contributed by atoms with Crippen molar-refractivity contribution >= 4 is 0 Å². The van der Waals surface area contributed by atoms with Gasteiger partial charge >= 0.3 is 0 Å². The molecule has 1 saturated carbocycles. The first-order valence-electron chi connectivity index (χ1n) is 6.94. The maximum atomic E-state index is 3.82. The SMILES string of the molecule is CC(C)CC(C)NC1CCCCCCC1. The van der Waals surface area contributed by atoms with Gasteiger partial charge in [0.2, 0.25) is 0 Å². The monoisotopic (exact) mass is 211 g/mol. The topological polar surface area (TPSA) is 12.0 Å². The highest BCUT2D eigenvalue weighted by molar-refractivity contribution is 4.74. The molecule has 1 atom stereocenters. The lowest BCUT2D eigenvalue weighted by Gasteiger charge is -2.26. The summed E-state index contributed by atoms with van der Waals surface area (Å²) in [5.41, 5.74) is 0. The van der Waals surface area contributed by atoms with E-state index in [0.717, 1.165) is 12.0 Å². The van der Waals surface area contributed by atoms with Gasteiger partial charge in [-0.15, -0.1) is 0 Å². The lowest BCUT2D eigenvalue weighted by Crippen LogP contribution is -2.37. The van der Waals surface area contributed by atoms with Crippen LogP contribution < -0.4 is 5.32 Å². The van der Waals surface area contributed by atoms with E-state index in [-0.39, 0.29) is 0 Å². The molecule has 0 aromatic carbocycles. The van der Waals surface area contributed by atoms with Crippen LogP contribution in [0.1, 0.15) is 72.1 Å². The second-order valence-corrected chi connectivity index (χ2v) is 5.74. The Bertz CT molecular complexity index is 145. The molecule has 0 heterocycles. The predicted molar refractivity (Wildman–Crippen MR) is 68.2 cm³/mol. The van der Waals surface area contributed by atoms with Crippen molar-refractivity contribution in [2.75, 3.05) is 0 Å². The minimum absolute atomic E-state index is 0.703. The summed E-state index contributed by atoms with van der Waals surface area (Å²) in [5.74, 6) is 0.820. The van der Waals surface area contributed by atoms with Crippen molar-refractivity contribution in [3.8, 4) is 0 Å². The Morgan fingerprint density at radius 3 is 2.00 bits per heavy atom. The second-order valence-electron chi connectivity index (χ2n) is 5.74. The fraction of sp³-hybridized carbons (Fsp3) is 1.00. The van der Waals surface area contributed by atoms with Crippen molar-refractivity contribution in [3.05, 3.63) is 0 Å². The summed E-state index contributed by atoms with van der Waals surface area (Å²) in [6.45, 7) is 6.98. The smallest absolute Gasteiger partial charge is 0.00695 e. The molecule has 0 bridgehead atoms. The zero-order chi connectivity index (χ0) is 11.1. The summed E-state index contributed by atoms with van der Waals surface area (Å²) in [4.78, 5) is 0. The molecule has 0 amide bonds. The maximum Gasteiger partial charge on any atom is 0.00695 e. The van der Waals surface area contributed by atoms with Crippen LogP contribution in [0.25, 0.3) is 0 Å². The lowest BCUT2D eigenvalue weighted by molar-refractivity contribution is 0.335. The molecule has 1 aliphatic rings. The van der Waals surface area contributed by atoms with Crippen molar-refractivity contribution in [1.82, 2.24) is 5.32 Å². The third-order valence-electron chi connectivity index (χ3n) is 3.45. The van der Waals surface area contributed by atoms with E-state index in [1.165, 1.54) is 51.4 Å². The molecule has 0 aromatic rings. The zero-order valence-corrected chi connectivity index (χ0v) is 10.9. The Morgan fingerprint density at radius 1 is 0.933 bits per heavy atom. The van der Waals surface area contributed by atoms with E-state index >= 15 is 0 Å². The molecule has 1 unspecified atom stereocenters. The summed E-state index contributed by atoms with van der Waals surface area (Å²) in [6.07, 6.45) is 11.4.